The minimum absolute atomic E-state index is 0.0911. The van der Waals surface area contributed by atoms with Gasteiger partial charge in [-0.05, 0) is 51.1 Å². The molecule has 1 heterocycles. The fourth-order valence-corrected chi connectivity index (χ4v) is 4.95. The highest BCUT2D eigenvalue weighted by Crippen LogP contribution is 2.28. The van der Waals surface area contributed by atoms with E-state index in [1.807, 2.05) is 49.9 Å². The standard InChI is InChI=1S/C22H28ClN3O4S/c1-16(2)26(18-6-4-17(3)5-7-18)15-22(27)24-21-14-19(8-9-20(21)23)31(28,29)25-10-12-30-13-11-25/h4-9,14,16H,10-13,15H2,1-3H3,(H,24,27). The van der Waals surface area contributed by atoms with Gasteiger partial charge in [0.25, 0.3) is 0 Å². The van der Waals surface area contributed by atoms with Crippen molar-refractivity contribution in [1.82, 2.24) is 4.31 Å². The predicted octanol–water partition coefficient (Wildman–Crippen LogP) is 3.52. The Labute approximate surface area is 189 Å². The Morgan fingerprint density at radius 3 is 2.42 bits per heavy atom. The number of morpholine rings is 1. The first-order valence-corrected chi connectivity index (χ1v) is 12.0. The van der Waals surface area contributed by atoms with Gasteiger partial charge < -0.3 is 15.0 Å². The Kier molecular flexibility index (Phi) is 7.59. The van der Waals surface area contributed by atoms with Crippen molar-refractivity contribution < 1.29 is 17.9 Å². The van der Waals surface area contributed by atoms with Gasteiger partial charge in [-0.2, -0.15) is 4.31 Å². The maximum absolute atomic E-state index is 12.9. The summed E-state index contributed by atoms with van der Waals surface area (Å²) in [7, 11) is -3.69. The number of rotatable bonds is 7. The smallest absolute Gasteiger partial charge is 0.243 e. The van der Waals surface area contributed by atoms with E-state index in [4.69, 9.17) is 16.3 Å². The molecule has 9 heteroatoms. The molecule has 0 spiro atoms. The fraction of sp³-hybridized carbons (Fsp3) is 0.409. The first-order valence-electron chi connectivity index (χ1n) is 10.2. The van der Waals surface area contributed by atoms with Gasteiger partial charge in [0.05, 0.1) is 35.4 Å². The predicted molar refractivity (Wildman–Crippen MR) is 123 cm³/mol. The lowest BCUT2D eigenvalue weighted by molar-refractivity contribution is -0.115. The van der Waals surface area contributed by atoms with Gasteiger partial charge in [0.15, 0.2) is 0 Å². The van der Waals surface area contributed by atoms with Crippen LogP contribution in [0.5, 0.6) is 0 Å². The van der Waals surface area contributed by atoms with Crippen LogP contribution in [-0.4, -0.2) is 57.5 Å². The van der Waals surface area contributed by atoms with Gasteiger partial charge in [0, 0.05) is 24.8 Å². The van der Waals surface area contributed by atoms with E-state index in [1.165, 1.54) is 22.5 Å². The van der Waals surface area contributed by atoms with Crippen molar-refractivity contribution in [2.45, 2.75) is 31.7 Å². The van der Waals surface area contributed by atoms with Crippen molar-refractivity contribution in [2.75, 3.05) is 43.1 Å². The summed E-state index contributed by atoms with van der Waals surface area (Å²) in [6.45, 7) is 7.46. The molecule has 0 bridgehead atoms. The molecule has 0 radical (unpaired) electrons. The number of carbonyl (C=O) groups is 1. The summed E-state index contributed by atoms with van der Waals surface area (Å²) in [5.74, 6) is -0.280. The van der Waals surface area contributed by atoms with E-state index in [-0.39, 0.29) is 34.1 Å². The molecule has 2 aromatic rings. The van der Waals surface area contributed by atoms with E-state index in [0.29, 0.717) is 26.3 Å². The number of amides is 1. The molecule has 1 amide bonds. The molecular weight excluding hydrogens is 438 g/mol. The summed E-state index contributed by atoms with van der Waals surface area (Å²) in [5.41, 5.74) is 2.35. The average molecular weight is 466 g/mol. The normalized spacial score (nSPS) is 15.1. The van der Waals surface area contributed by atoms with E-state index in [1.54, 1.807) is 0 Å². The zero-order valence-electron chi connectivity index (χ0n) is 18.0. The molecular formula is C22H28ClN3O4S. The van der Waals surface area contributed by atoms with Crippen LogP contribution in [0, 0.1) is 6.92 Å². The van der Waals surface area contributed by atoms with Crippen LogP contribution < -0.4 is 10.2 Å². The lowest BCUT2D eigenvalue weighted by Gasteiger charge is -2.28. The summed E-state index contributed by atoms with van der Waals surface area (Å²) in [4.78, 5) is 14.9. The van der Waals surface area contributed by atoms with Crippen molar-refractivity contribution in [1.29, 1.82) is 0 Å². The molecule has 7 nitrogen and oxygen atoms in total. The molecule has 0 aromatic heterocycles. The molecule has 0 atom stereocenters. The maximum Gasteiger partial charge on any atom is 0.243 e. The fourth-order valence-electron chi connectivity index (χ4n) is 3.35. The monoisotopic (exact) mass is 465 g/mol. The number of halogens is 1. The maximum atomic E-state index is 12.9. The minimum Gasteiger partial charge on any atom is -0.379 e. The molecule has 0 aliphatic carbocycles. The van der Waals surface area contributed by atoms with Crippen LogP contribution in [0.4, 0.5) is 11.4 Å². The molecule has 1 saturated heterocycles. The number of sulfonamides is 1. The zero-order chi connectivity index (χ0) is 22.6. The van der Waals surface area contributed by atoms with Crippen LogP contribution in [0.15, 0.2) is 47.4 Å². The molecule has 31 heavy (non-hydrogen) atoms. The van der Waals surface area contributed by atoms with Gasteiger partial charge in [-0.3, -0.25) is 4.79 Å². The number of ether oxygens (including phenoxy) is 1. The molecule has 1 fully saturated rings. The van der Waals surface area contributed by atoms with Crippen LogP contribution in [0.1, 0.15) is 19.4 Å². The van der Waals surface area contributed by atoms with Crippen molar-refractivity contribution in [3.05, 3.63) is 53.1 Å². The Bertz CT molecular complexity index is 1020. The van der Waals surface area contributed by atoms with Crippen LogP contribution in [-0.2, 0) is 19.6 Å². The van der Waals surface area contributed by atoms with Crippen molar-refractivity contribution >= 4 is 38.9 Å². The second-order valence-corrected chi connectivity index (χ2v) is 10.1. The highest BCUT2D eigenvalue weighted by atomic mass is 35.5. The van der Waals surface area contributed by atoms with Crippen molar-refractivity contribution in [3.8, 4) is 0 Å². The SMILES string of the molecule is Cc1ccc(N(CC(=O)Nc2cc(S(=O)(=O)N3CCOCC3)ccc2Cl)C(C)C)cc1. The van der Waals surface area contributed by atoms with Crippen LogP contribution >= 0.6 is 11.6 Å². The van der Waals surface area contributed by atoms with Gasteiger partial charge in [-0.1, -0.05) is 29.3 Å². The number of hydrogen-bond donors (Lipinski definition) is 1. The van der Waals surface area contributed by atoms with Crippen molar-refractivity contribution in [3.63, 3.8) is 0 Å². The topological polar surface area (TPSA) is 79.0 Å². The minimum atomic E-state index is -3.69. The summed E-state index contributed by atoms with van der Waals surface area (Å²) in [5, 5.41) is 3.05. The second kappa shape index (κ2) is 9.99. The van der Waals surface area contributed by atoms with Crippen LogP contribution in [0.25, 0.3) is 0 Å². The second-order valence-electron chi connectivity index (χ2n) is 7.76. The van der Waals surface area contributed by atoms with Crippen LogP contribution in [0.3, 0.4) is 0 Å². The molecule has 1 N–H and O–H groups in total. The average Bonchev–Trinajstić information content (AvgIpc) is 2.74. The summed E-state index contributed by atoms with van der Waals surface area (Å²) in [6.07, 6.45) is 0. The van der Waals surface area contributed by atoms with Gasteiger partial charge >= 0.3 is 0 Å². The molecule has 168 valence electrons. The highest BCUT2D eigenvalue weighted by Gasteiger charge is 2.27. The Balaban J connectivity index is 1.77. The Morgan fingerprint density at radius 2 is 1.81 bits per heavy atom. The first-order chi connectivity index (χ1) is 14.7. The number of aryl methyl sites for hydroxylation is 1. The lowest BCUT2D eigenvalue weighted by Crippen LogP contribution is -2.40. The number of hydrogen-bond acceptors (Lipinski definition) is 5. The van der Waals surface area contributed by atoms with Gasteiger partial charge in [0.1, 0.15) is 0 Å². The van der Waals surface area contributed by atoms with Gasteiger partial charge in [-0.15, -0.1) is 0 Å². The molecule has 0 saturated carbocycles. The van der Waals surface area contributed by atoms with E-state index in [2.05, 4.69) is 5.32 Å². The summed E-state index contributed by atoms with van der Waals surface area (Å²) < 4.78 is 32.5. The first kappa shape index (κ1) is 23.5. The van der Waals surface area contributed by atoms with Crippen LogP contribution in [0.2, 0.25) is 5.02 Å². The number of carbonyl (C=O) groups excluding carboxylic acids is 1. The third kappa shape index (κ3) is 5.77. The lowest BCUT2D eigenvalue weighted by atomic mass is 10.2. The quantitative estimate of drug-likeness (QED) is 0.676. The third-order valence-electron chi connectivity index (χ3n) is 5.12. The molecule has 0 unspecified atom stereocenters. The van der Waals surface area contributed by atoms with E-state index in [9.17, 15) is 13.2 Å². The van der Waals surface area contributed by atoms with E-state index in [0.717, 1.165) is 11.3 Å². The molecule has 2 aromatic carbocycles. The van der Waals surface area contributed by atoms with Crippen molar-refractivity contribution in [2.24, 2.45) is 0 Å². The zero-order valence-corrected chi connectivity index (χ0v) is 19.5. The largest absolute Gasteiger partial charge is 0.379 e. The molecule has 1 aliphatic rings. The van der Waals surface area contributed by atoms with E-state index >= 15 is 0 Å². The molecule has 3 rings (SSSR count). The number of anilines is 2. The number of nitrogens with one attached hydrogen (secondary N) is 1. The Morgan fingerprint density at radius 1 is 1.16 bits per heavy atom. The van der Waals surface area contributed by atoms with E-state index < -0.39 is 10.0 Å². The third-order valence-corrected chi connectivity index (χ3v) is 7.35. The molecule has 1 aliphatic heterocycles. The summed E-state index contributed by atoms with van der Waals surface area (Å²) in [6, 6.07) is 12.4. The number of benzene rings is 2. The van der Waals surface area contributed by atoms with Gasteiger partial charge in [-0.25, -0.2) is 8.42 Å². The Hall–Kier alpha value is -2.13. The number of nitrogens with zero attached hydrogens (tertiary/aromatic N) is 2. The highest BCUT2D eigenvalue weighted by molar-refractivity contribution is 7.89. The van der Waals surface area contributed by atoms with Gasteiger partial charge in [0.2, 0.25) is 15.9 Å². The summed E-state index contributed by atoms with van der Waals surface area (Å²) >= 11 is 6.25.